The third kappa shape index (κ3) is 1.76. The Balaban J connectivity index is 2.33. The summed E-state index contributed by atoms with van der Waals surface area (Å²) >= 11 is 0. The number of benzene rings is 4. The molecule has 0 aromatic heterocycles. The van der Waals surface area contributed by atoms with Crippen LogP contribution in [0.25, 0.3) is 32.3 Å². The molecule has 4 N–H and O–H groups in total. The minimum absolute atomic E-state index is 0.447. The van der Waals surface area contributed by atoms with Crippen LogP contribution in [0.3, 0.4) is 0 Å². The van der Waals surface area contributed by atoms with Gasteiger partial charge in [-0.15, -0.1) is 0 Å². The molecule has 0 saturated heterocycles. The normalized spacial score (nSPS) is 11.6. The molecule has 106 valence electrons. The van der Waals surface area contributed by atoms with Crippen molar-refractivity contribution in [1.82, 2.24) is 0 Å². The van der Waals surface area contributed by atoms with Gasteiger partial charge in [0.05, 0.1) is 0 Å². The first-order valence-corrected chi connectivity index (χ1v) is 7.00. The average Bonchev–Trinajstić information content (AvgIpc) is 2.51. The van der Waals surface area contributed by atoms with Gasteiger partial charge >= 0.3 is 14.2 Å². The second-order valence-electron chi connectivity index (χ2n) is 5.49. The molecule has 0 atom stereocenters. The van der Waals surface area contributed by atoms with Crippen LogP contribution in [-0.4, -0.2) is 34.3 Å². The van der Waals surface area contributed by atoms with Gasteiger partial charge in [-0.05, 0) is 43.2 Å². The van der Waals surface area contributed by atoms with Gasteiger partial charge in [0.15, 0.2) is 0 Å². The highest BCUT2D eigenvalue weighted by Gasteiger charge is 2.22. The molecule has 6 heteroatoms. The van der Waals surface area contributed by atoms with Crippen molar-refractivity contribution >= 4 is 57.5 Å². The summed E-state index contributed by atoms with van der Waals surface area (Å²) in [6.07, 6.45) is 0. The second kappa shape index (κ2) is 4.69. The van der Waals surface area contributed by atoms with Crippen molar-refractivity contribution < 1.29 is 20.1 Å². The maximum Gasteiger partial charge on any atom is 0.489 e. The van der Waals surface area contributed by atoms with Crippen LogP contribution < -0.4 is 10.9 Å². The molecule has 0 aliphatic heterocycles. The molecule has 0 unspecified atom stereocenters. The lowest BCUT2D eigenvalue weighted by atomic mass is 9.71. The van der Waals surface area contributed by atoms with Crippen molar-refractivity contribution in [3.05, 3.63) is 48.5 Å². The molecule has 0 heterocycles. The Kier molecular flexibility index (Phi) is 2.89. The van der Waals surface area contributed by atoms with Gasteiger partial charge < -0.3 is 20.1 Å². The molecular formula is C16H12B2O4. The predicted molar refractivity (Wildman–Crippen MR) is 89.8 cm³/mol. The molecule has 4 nitrogen and oxygen atoms in total. The highest BCUT2D eigenvalue weighted by molar-refractivity contribution is 6.65. The molecule has 0 saturated carbocycles. The lowest BCUT2D eigenvalue weighted by Gasteiger charge is -2.16. The highest BCUT2D eigenvalue weighted by Crippen LogP contribution is 2.32. The molecule has 0 aliphatic rings. The maximum absolute atomic E-state index is 9.66. The fraction of sp³-hybridized carbons (Fsp3) is 0. The zero-order chi connectivity index (χ0) is 15.4. The van der Waals surface area contributed by atoms with Crippen LogP contribution in [-0.2, 0) is 0 Å². The molecule has 0 fully saturated rings. The summed E-state index contributed by atoms with van der Waals surface area (Å²) in [5, 5.41) is 43.6. The zero-order valence-corrected chi connectivity index (χ0v) is 11.6. The lowest BCUT2D eigenvalue weighted by Crippen LogP contribution is -2.32. The van der Waals surface area contributed by atoms with E-state index in [9.17, 15) is 20.1 Å². The SMILES string of the molecule is OB(O)c1cc2cccc3c(B(O)O)cc4cccc1c4c23. The van der Waals surface area contributed by atoms with E-state index in [4.69, 9.17) is 0 Å². The summed E-state index contributed by atoms with van der Waals surface area (Å²) in [6.45, 7) is 0. The van der Waals surface area contributed by atoms with E-state index in [0.29, 0.717) is 10.9 Å². The molecule has 22 heavy (non-hydrogen) atoms. The van der Waals surface area contributed by atoms with Crippen LogP contribution in [0.2, 0.25) is 0 Å². The summed E-state index contributed by atoms with van der Waals surface area (Å²) in [6, 6.07) is 14.6. The summed E-state index contributed by atoms with van der Waals surface area (Å²) in [5.41, 5.74) is 0.894. The van der Waals surface area contributed by atoms with Crippen molar-refractivity contribution in [1.29, 1.82) is 0 Å². The van der Waals surface area contributed by atoms with Crippen LogP contribution in [0.5, 0.6) is 0 Å². The minimum atomic E-state index is -1.56. The van der Waals surface area contributed by atoms with Gasteiger partial charge in [0.25, 0.3) is 0 Å². The van der Waals surface area contributed by atoms with Crippen LogP contribution in [0, 0.1) is 0 Å². The van der Waals surface area contributed by atoms with Gasteiger partial charge in [0.1, 0.15) is 0 Å². The van der Waals surface area contributed by atoms with Crippen LogP contribution >= 0.6 is 0 Å². The maximum atomic E-state index is 9.66. The third-order valence-electron chi connectivity index (χ3n) is 4.24. The molecule has 4 aromatic carbocycles. The molecule has 0 spiro atoms. The third-order valence-corrected chi connectivity index (χ3v) is 4.24. The number of rotatable bonds is 2. The summed E-state index contributed by atoms with van der Waals surface area (Å²) in [4.78, 5) is 0. The standard InChI is InChI=1S/C16H12B2O4/c19-17(20)13-8-10-4-2-6-12-14(18(21)22)7-9-3-1-5-11(13)15(9)16(10)12/h1-8,19-22H. The van der Waals surface area contributed by atoms with Gasteiger partial charge in [-0.1, -0.05) is 48.5 Å². The molecule has 0 radical (unpaired) electrons. The van der Waals surface area contributed by atoms with E-state index in [1.54, 1.807) is 12.1 Å². The largest absolute Gasteiger partial charge is 0.489 e. The predicted octanol–water partition coefficient (Wildman–Crippen LogP) is -0.0564. The Morgan fingerprint density at radius 3 is 1.36 bits per heavy atom. The Labute approximate surface area is 126 Å². The topological polar surface area (TPSA) is 80.9 Å². The average molecular weight is 290 g/mol. The Bertz CT molecular complexity index is 916. The lowest BCUT2D eigenvalue weighted by molar-refractivity contribution is 0.425. The van der Waals surface area contributed by atoms with Crippen molar-refractivity contribution in [2.24, 2.45) is 0 Å². The van der Waals surface area contributed by atoms with E-state index in [-0.39, 0.29) is 0 Å². The quantitative estimate of drug-likeness (QED) is 0.308. The van der Waals surface area contributed by atoms with E-state index < -0.39 is 14.2 Å². The first kappa shape index (κ1) is 13.5. The molecule has 4 rings (SSSR count). The fourth-order valence-electron chi connectivity index (χ4n) is 3.34. The van der Waals surface area contributed by atoms with Crippen LogP contribution in [0.4, 0.5) is 0 Å². The second-order valence-corrected chi connectivity index (χ2v) is 5.49. The summed E-state index contributed by atoms with van der Waals surface area (Å²) in [7, 11) is -3.12. The monoisotopic (exact) mass is 290 g/mol. The van der Waals surface area contributed by atoms with Gasteiger partial charge in [-0.3, -0.25) is 0 Å². The van der Waals surface area contributed by atoms with Gasteiger partial charge in [0, 0.05) is 0 Å². The van der Waals surface area contributed by atoms with Gasteiger partial charge in [0.2, 0.25) is 0 Å². The van der Waals surface area contributed by atoms with Crippen LogP contribution in [0.15, 0.2) is 48.5 Å². The van der Waals surface area contributed by atoms with Gasteiger partial charge in [-0.2, -0.15) is 0 Å². The number of hydrogen-bond donors (Lipinski definition) is 4. The van der Waals surface area contributed by atoms with Crippen molar-refractivity contribution in [2.45, 2.75) is 0 Å². The smallest absolute Gasteiger partial charge is 0.423 e. The molecule has 0 amide bonds. The van der Waals surface area contributed by atoms with Crippen molar-refractivity contribution in [3.63, 3.8) is 0 Å². The van der Waals surface area contributed by atoms with E-state index in [1.807, 2.05) is 36.4 Å². The minimum Gasteiger partial charge on any atom is -0.423 e. The van der Waals surface area contributed by atoms with E-state index in [2.05, 4.69) is 0 Å². The Morgan fingerprint density at radius 2 is 1.00 bits per heavy atom. The first-order valence-electron chi connectivity index (χ1n) is 7.00. The zero-order valence-electron chi connectivity index (χ0n) is 11.6. The van der Waals surface area contributed by atoms with Gasteiger partial charge in [-0.25, -0.2) is 0 Å². The molecule has 0 aliphatic carbocycles. The van der Waals surface area contributed by atoms with Crippen molar-refractivity contribution in [3.8, 4) is 0 Å². The van der Waals surface area contributed by atoms with E-state index >= 15 is 0 Å². The fourth-order valence-corrected chi connectivity index (χ4v) is 3.34. The Morgan fingerprint density at radius 1 is 0.591 bits per heavy atom. The van der Waals surface area contributed by atoms with Crippen molar-refractivity contribution in [2.75, 3.05) is 0 Å². The number of hydrogen-bond acceptors (Lipinski definition) is 4. The summed E-state index contributed by atoms with van der Waals surface area (Å²) in [5.74, 6) is 0. The molecule has 4 aromatic rings. The highest BCUT2D eigenvalue weighted by atomic mass is 16.4. The summed E-state index contributed by atoms with van der Waals surface area (Å²) < 4.78 is 0. The first-order chi connectivity index (χ1) is 10.6. The van der Waals surface area contributed by atoms with E-state index in [0.717, 1.165) is 32.3 Å². The Hall–Kier alpha value is -2.11. The van der Waals surface area contributed by atoms with Crippen LogP contribution in [0.1, 0.15) is 0 Å². The molecular weight excluding hydrogens is 278 g/mol. The molecule has 0 bridgehead atoms. The van der Waals surface area contributed by atoms with E-state index in [1.165, 1.54) is 0 Å².